The summed E-state index contributed by atoms with van der Waals surface area (Å²) in [6.45, 7) is 3.62. The molecule has 0 fully saturated rings. The van der Waals surface area contributed by atoms with Gasteiger partial charge >= 0.3 is 17.8 Å². The van der Waals surface area contributed by atoms with E-state index >= 15 is 0 Å². The molecule has 1 aromatic carbocycles. The van der Waals surface area contributed by atoms with E-state index in [0.717, 1.165) is 42.5 Å². The van der Waals surface area contributed by atoms with Gasteiger partial charge in [-0.2, -0.15) is 5.10 Å². The van der Waals surface area contributed by atoms with E-state index in [2.05, 4.69) is 15.8 Å². The molecular weight excluding hydrogens is 418 g/mol. The molecule has 0 radical (unpaired) electrons. The molecule has 0 atom stereocenters. The Hall–Kier alpha value is -3.20. The lowest BCUT2D eigenvalue weighted by atomic mass is 10.1. The number of phenolic OH excluding ortho intramolecular Hbond substituents is 1. The van der Waals surface area contributed by atoms with Gasteiger partial charge in [0.25, 0.3) is 0 Å². The van der Waals surface area contributed by atoms with E-state index in [9.17, 15) is 19.5 Å². The van der Waals surface area contributed by atoms with Crippen molar-refractivity contribution in [3.05, 3.63) is 45.8 Å². The number of hydrogen-bond acceptors (Lipinski definition) is 7. The summed E-state index contributed by atoms with van der Waals surface area (Å²) >= 11 is 1.33. The maximum absolute atomic E-state index is 12.6. The van der Waals surface area contributed by atoms with E-state index in [-0.39, 0.29) is 12.4 Å². The standard InChI is InChI=1S/C22H25N3O5S/c1-3-30-22(29)18-16-7-5-4-6-8-17(16)31-21(18)23-19(27)20(28)25-24-13(2)14-9-11-15(26)12-10-14/h9-12,26H,3-8H2,1-2H3,(H,23,27)(H,25,28)/b24-13+. The number of hydrogen-bond donors (Lipinski definition) is 3. The number of aryl methyl sites for hydroxylation is 1. The maximum atomic E-state index is 12.6. The van der Waals surface area contributed by atoms with Gasteiger partial charge in [0.05, 0.1) is 17.9 Å². The Balaban J connectivity index is 1.74. The normalized spacial score (nSPS) is 13.7. The Morgan fingerprint density at radius 2 is 1.81 bits per heavy atom. The number of rotatable bonds is 5. The number of phenols is 1. The first-order chi connectivity index (χ1) is 14.9. The van der Waals surface area contributed by atoms with Crippen molar-refractivity contribution in [2.24, 2.45) is 5.10 Å². The zero-order valence-corrected chi connectivity index (χ0v) is 18.3. The van der Waals surface area contributed by atoms with Crippen molar-refractivity contribution in [1.29, 1.82) is 0 Å². The zero-order valence-electron chi connectivity index (χ0n) is 17.5. The summed E-state index contributed by atoms with van der Waals surface area (Å²) in [6.07, 6.45) is 4.67. The Morgan fingerprint density at radius 1 is 1.10 bits per heavy atom. The average Bonchev–Trinajstić information content (AvgIpc) is 2.92. The second-order valence-electron chi connectivity index (χ2n) is 7.13. The molecule has 0 saturated heterocycles. The number of carbonyl (C=O) groups is 3. The van der Waals surface area contributed by atoms with E-state index in [1.807, 2.05) is 0 Å². The summed E-state index contributed by atoms with van der Waals surface area (Å²) in [5.41, 5.74) is 4.65. The van der Waals surface area contributed by atoms with Crippen molar-refractivity contribution in [1.82, 2.24) is 5.43 Å². The minimum absolute atomic E-state index is 0.117. The predicted molar refractivity (Wildman–Crippen MR) is 119 cm³/mol. The number of hydrazone groups is 1. The smallest absolute Gasteiger partial charge is 0.341 e. The first-order valence-corrected chi connectivity index (χ1v) is 11.0. The van der Waals surface area contributed by atoms with Crippen LogP contribution < -0.4 is 10.7 Å². The summed E-state index contributed by atoms with van der Waals surface area (Å²) in [7, 11) is 0. The van der Waals surface area contributed by atoms with Gasteiger partial charge in [0.2, 0.25) is 0 Å². The predicted octanol–water partition coefficient (Wildman–Crippen LogP) is 3.38. The first-order valence-electron chi connectivity index (χ1n) is 10.2. The molecule has 1 aliphatic carbocycles. The van der Waals surface area contributed by atoms with E-state index in [4.69, 9.17) is 4.74 Å². The van der Waals surface area contributed by atoms with Crippen molar-refractivity contribution < 1.29 is 24.2 Å². The van der Waals surface area contributed by atoms with Crippen LogP contribution >= 0.6 is 11.3 Å². The lowest BCUT2D eigenvalue weighted by Gasteiger charge is -2.08. The van der Waals surface area contributed by atoms with Crippen LogP contribution in [-0.2, 0) is 27.2 Å². The molecule has 0 spiro atoms. The number of amides is 2. The van der Waals surface area contributed by atoms with Crippen LogP contribution in [0.4, 0.5) is 5.00 Å². The fraction of sp³-hybridized carbons (Fsp3) is 0.364. The number of benzene rings is 1. The van der Waals surface area contributed by atoms with Gasteiger partial charge in [0, 0.05) is 4.88 Å². The highest BCUT2D eigenvalue weighted by atomic mass is 32.1. The number of carbonyl (C=O) groups excluding carboxylic acids is 3. The number of nitrogens with zero attached hydrogens (tertiary/aromatic N) is 1. The first kappa shape index (κ1) is 22.5. The summed E-state index contributed by atoms with van der Waals surface area (Å²) < 4.78 is 5.19. The van der Waals surface area contributed by atoms with Crippen molar-refractivity contribution in [2.75, 3.05) is 11.9 Å². The Labute approximate surface area is 184 Å². The molecule has 1 aromatic heterocycles. The third kappa shape index (κ3) is 5.49. The van der Waals surface area contributed by atoms with Crippen LogP contribution in [0.5, 0.6) is 5.75 Å². The molecule has 9 heteroatoms. The van der Waals surface area contributed by atoms with E-state index in [0.29, 0.717) is 21.8 Å². The monoisotopic (exact) mass is 443 g/mol. The number of fused-ring (bicyclic) bond motifs is 1. The molecule has 3 N–H and O–H groups in total. The number of thiophene rings is 1. The highest BCUT2D eigenvalue weighted by Gasteiger charge is 2.27. The molecule has 0 unspecified atom stereocenters. The quantitative estimate of drug-likeness (QED) is 0.215. The molecule has 1 heterocycles. The summed E-state index contributed by atoms with van der Waals surface area (Å²) in [4.78, 5) is 38.3. The van der Waals surface area contributed by atoms with Gasteiger partial charge in [0.15, 0.2) is 0 Å². The largest absolute Gasteiger partial charge is 0.508 e. The highest BCUT2D eigenvalue weighted by Crippen LogP contribution is 2.38. The Kier molecular flexibility index (Phi) is 7.41. The number of aromatic hydroxyl groups is 1. The van der Waals surface area contributed by atoms with Crippen LogP contribution in [0, 0.1) is 0 Å². The molecule has 2 amide bonds. The van der Waals surface area contributed by atoms with E-state index < -0.39 is 17.8 Å². The molecule has 0 aliphatic heterocycles. The number of anilines is 1. The molecule has 31 heavy (non-hydrogen) atoms. The average molecular weight is 444 g/mol. The van der Waals surface area contributed by atoms with Crippen molar-refractivity contribution in [2.45, 2.75) is 46.0 Å². The summed E-state index contributed by atoms with van der Waals surface area (Å²) in [5, 5.41) is 16.2. The highest BCUT2D eigenvalue weighted by molar-refractivity contribution is 7.17. The van der Waals surface area contributed by atoms with Gasteiger partial charge in [-0.15, -0.1) is 11.3 Å². The van der Waals surface area contributed by atoms with Crippen molar-refractivity contribution in [3.8, 4) is 5.75 Å². The SMILES string of the molecule is CCOC(=O)c1c(NC(=O)C(=O)N/N=C(\C)c2ccc(O)cc2)sc2c1CCCCC2. The van der Waals surface area contributed by atoms with E-state index in [1.165, 1.54) is 23.5 Å². The number of nitrogens with one attached hydrogen (secondary N) is 2. The molecule has 0 saturated carbocycles. The van der Waals surface area contributed by atoms with E-state index in [1.54, 1.807) is 26.0 Å². The molecular formula is C22H25N3O5S. The van der Waals surface area contributed by atoms with Gasteiger partial charge < -0.3 is 15.2 Å². The van der Waals surface area contributed by atoms with Gasteiger partial charge in [-0.1, -0.05) is 6.42 Å². The molecule has 2 aromatic rings. The third-order valence-corrected chi connectivity index (χ3v) is 6.15. The third-order valence-electron chi connectivity index (χ3n) is 4.94. The van der Waals surface area contributed by atoms with Gasteiger partial charge in [-0.3, -0.25) is 9.59 Å². The lowest BCUT2D eigenvalue weighted by Crippen LogP contribution is -2.33. The maximum Gasteiger partial charge on any atom is 0.341 e. The van der Waals surface area contributed by atoms with Crippen LogP contribution in [-0.4, -0.2) is 35.2 Å². The second kappa shape index (κ2) is 10.2. The second-order valence-corrected chi connectivity index (χ2v) is 8.23. The van der Waals surface area contributed by atoms with Crippen LogP contribution in [0.3, 0.4) is 0 Å². The number of esters is 1. The van der Waals surface area contributed by atoms with Crippen LogP contribution in [0.15, 0.2) is 29.4 Å². The van der Waals surface area contributed by atoms with Gasteiger partial charge in [0.1, 0.15) is 10.8 Å². The fourth-order valence-corrected chi connectivity index (χ4v) is 4.63. The fourth-order valence-electron chi connectivity index (χ4n) is 3.36. The van der Waals surface area contributed by atoms with Gasteiger partial charge in [-0.05, 0) is 74.9 Å². The van der Waals surface area contributed by atoms with Gasteiger partial charge in [-0.25, -0.2) is 10.2 Å². The Morgan fingerprint density at radius 3 is 2.52 bits per heavy atom. The number of ether oxygens (including phenoxy) is 1. The lowest BCUT2D eigenvalue weighted by molar-refractivity contribution is -0.136. The van der Waals surface area contributed by atoms with Crippen molar-refractivity contribution >= 4 is 39.8 Å². The Bertz CT molecular complexity index is 1010. The minimum atomic E-state index is -0.948. The molecule has 3 rings (SSSR count). The van der Waals surface area contributed by atoms with Crippen LogP contribution in [0.25, 0.3) is 0 Å². The molecule has 0 bridgehead atoms. The molecule has 8 nitrogen and oxygen atoms in total. The van der Waals surface area contributed by atoms with Crippen LogP contribution in [0.2, 0.25) is 0 Å². The minimum Gasteiger partial charge on any atom is -0.508 e. The zero-order chi connectivity index (χ0) is 22.4. The summed E-state index contributed by atoms with van der Waals surface area (Å²) in [6, 6.07) is 6.29. The topological polar surface area (TPSA) is 117 Å². The van der Waals surface area contributed by atoms with Crippen molar-refractivity contribution in [3.63, 3.8) is 0 Å². The van der Waals surface area contributed by atoms with Crippen LogP contribution in [0.1, 0.15) is 59.5 Å². The summed E-state index contributed by atoms with van der Waals surface area (Å²) in [5.74, 6) is -2.23. The molecule has 164 valence electrons. The molecule has 1 aliphatic rings.